The van der Waals surface area contributed by atoms with Gasteiger partial charge in [0.2, 0.25) is 0 Å². The molecular formula is C75H126N4O8S4. The fraction of sp³-hybridized carbons (Fsp3) is 0.893. The number of unbranched alkanes of at least 4 members (excludes halogenated alkanes) is 1. The number of hydrogen-bond donors (Lipinski definition) is 2. The van der Waals surface area contributed by atoms with Crippen LogP contribution in [-0.2, 0) is 28.5 Å². The van der Waals surface area contributed by atoms with E-state index in [4.69, 9.17) is 18.9 Å². The van der Waals surface area contributed by atoms with E-state index in [1.165, 1.54) is 122 Å². The van der Waals surface area contributed by atoms with E-state index in [9.17, 15) is 19.2 Å². The molecule has 2 N–H and O–H groups in total. The number of hydrogen-bond acceptors (Lipinski definition) is 14. The van der Waals surface area contributed by atoms with Gasteiger partial charge in [0.1, 0.15) is 25.4 Å². The second kappa shape index (κ2) is 35.2. The van der Waals surface area contributed by atoms with Gasteiger partial charge < -0.3 is 39.4 Å². The molecule has 91 heavy (non-hydrogen) atoms. The standard InChI is InChI=1S/C75H126N4O8S4/c1-53(2)15-10-11-18-56-21-24-64-61-22-19-57-51-59(27-33-73(57,7)66(61)29-35-72(56,64)6)86-70(82)76-37-47-88-90-49-45-84-68(80)31-41-79(44-43-78-39-12-13-40-78)42-32-69(81)85-46-50-91-89-48-38-77-71(83)87-60-28-34-74(8)58(52-60)20-23-62-65-26-25-63(55(5)17-14-16-54(3)4)75(65,9)36-30-67(62)74/h19-20,53-56,59-67H,10-18,21-52H2,1-9H3,(H,76,82)(H,77,83)/t55-,56?,59?,60+,61+,62?,63?,64?,65+,66?,67?,72-,73+,74+,75-/m1/s1. The van der Waals surface area contributed by atoms with Gasteiger partial charge in [0, 0.05) is 75.1 Å². The van der Waals surface area contributed by atoms with Gasteiger partial charge >= 0.3 is 24.1 Å². The SMILES string of the molecule is CC(C)CCCCC1CCC2[C@@H]3CC=C4CC(OC(=O)NCCSSCCOC(=O)CCN(CCC(=O)OCCSSCCNC(=O)O[C@H]5CC[C@@]6(C)C(=CCC7C6CC[C@]6(C)C([C@H](C)CCCC(C)C)CC[C@@H]76)C5)CCN5CCCC5)CC[C@]4(C)C3CC[C@]12C. The molecule has 8 aliphatic carbocycles. The van der Waals surface area contributed by atoms with Gasteiger partial charge in [0.15, 0.2) is 0 Å². The Morgan fingerprint density at radius 1 is 0.571 bits per heavy atom. The highest BCUT2D eigenvalue weighted by Crippen LogP contribution is 2.69. The molecule has 0 bridgehead atoms. The maximum Gasteiger partial charge on any atom is 0.407 e. The third kappa shape index (κ3) is 19.6. The van der Waals surface area contributed by atoms with Crippen LogP contribution in [0.4, 0.5) is 9.59 Å². The second-order valence-corrected chi connectivity index (χ2v) is 37.5. The van der Waals surface area contributed by atoms with Crippen molar-refractivity contribution in [1.29, 1.82) is 0 Å². The molecule has 7 unspecified atom stereocenters. The summed E-state index contributed by atoms with van der Waals surface area (Å²) in [6.07, 6.45) is 36.6. The van der Waals surface area contributed by atoms with E-state index in [1.54, 1.807) is 54.3 Å². The van der Waals surface area contributed by atoms with Crippen molar-refractivity contribution in [2.45, 2.75) is 248 Å². The number of esters is 2. The van der Waals surface area contributed by atoms with Gasteiger partial charge in [0.05, 0.1) is 12.8 Å². The van der Waals surface area contributed by atoms with Crippen molar-refractivity contribution in [2.24, 2.45) is 86.8 Å². The van der Waals surface area contributed by atoms with E-state index in [0.29, 0.717) is 61.7 Å². The van der Waals surface area contributed by atoms with Crippen LogP contribution < -0.4 is 10.6 Å². The van der Waals surface area contributed by atoms with E-state index in [2.05, 4.69) is 94.9 Å². The summed E-state index contributed by atoms with van der Waals surface area (Å²) >= 11 is 0. The molecule has 0 aromatic heterocycles. The molecule has 1 heterocycles. The molecule has 12 nitrogen and oxygen atoms in total. The minimum atomic E-state index is -0.311. The zero-order chi connectivity index (χ0) is 64.6. The highest BCUT2D eigenvalue weighted by atomic mass is 33.1. The molecule has 0 aromatic rings. The summed E-state index contributed by atoms with van der Waals surface area (Å²) in [6, 6.07) is 0. The first-order chi connectivity index (χ1) is 43.8. The van der Waals surface area contributed by atoms with Gasteiger partial charge in [0.25, 0.3) is 0 Å². The summed E-state index contributed by atoms with van der Waals surface area (Å²) in [5, 5.41) is 5.99. The van der Waals surface area contributed by atoms with Gasteiger partial charge in [-0.05, 0) is 209 Å². The van der Waals surface area contributed by atoms with E-state index >= 15 is 0 Å². The van der Waals surface area contributed by atoms with Gasteiger partial charge in [-0.1, -0.05) is 167 Å². The quantitative estimate of drug-likeness (QED) is 0.0205. The highest BCUT2D eigenvalue weighted by molar-refractivity contribution is 8.77. The molecule has 0 spiro atoms. The minimum absolute atomic E-state index is 0.0526. The van der Waals surface area contributed by atoms with Gasteiger partial charge in [-0.25, -0.2) is 9.59 Å². The molecule has 518 valence electrons. The smallest absolute Gasteiger partial charge is 0.407 e. The van der Waals surface area contributed by atoms with Crippen LogP contribution in [0, 0.1) is 86.8 Å². The fourth-order valence-electron chi connectivity index (χ4n) is 20.7. The molecule has 1 saturated heterocycles. The van der Waals surface area contributed by atoms with Crippen LogP contribution in [0.15, 0.2) is 23.3 Å². The third-order valence-electron chi connectivity index (χ3n) is 25.8. The molecule has 15 atom stereocenters. The molecular weight excluding hydrogens is 1210 g/mol. The van der Waals surface area contributed by atoms with E-state index in [-0.39, 0.29) is 60.0 Å². The number of carbonyl (C=O) groups is 4. The molecule has 0 aromatic carbocycles. The molecule has 6 saturated carbocycles. The summed E-state index contributed by atoms with van der Waals surface area (Å²) in [4.78, 5) is 56.4. The number of ether oxygens (including phenoxy) is 4. The lowest BCUT2D eigenvalue weighted by Crippen LogP contribution is -2.51. The molecule has 9 rings (SSSR count). The molecule has 16 heteroatoms. The molecule has 7 fully saturated rings. The van der Waals surface area contributed by atoms with Crippen LogP contribution in [0.5, 0.6) is 0 Å². The normalized spacial score (nSPS) is 33.8. The summed E-state index contributed by atoms with van der Waals surface area (Å²) < 4.78 is 23.3. The second-order valence-electron chi connectivity index (χ2n) is 32.1. The largest absolute Gasteiger partial charge is 0.465 e. The Morgan fingerprint density at radius 3 is 1.63 bits per heavy atom. The van der Waals surface area contributed by atoms with Crippen molar-refractivity contribution in [3.05, 3.63) is 23.3 Å². The maximum absolute atomic E-state index is 13.0. The lowest BCUT2D eigenvalue weighted by atomic mass is 9.47. The summed E-state index contributed by atoms with van der Waals surface area (Å²) in [5.41, 5.74) is 4.60. The number of likely N-dealkylation sites (tertiary alicyclic amines) is 1. The number of nitrogens with zero attached hydrogens (tertiary/aromatic N) is 2. The van der Waals surface area contributed by atoms with Gasteiger partial charge in [-0.15, -0.1) is 0 Å². The predicted molar refractivity (Wildman–Crippen MR) is 381 cm³/mol. The maximum atomic E-state index is 13.0. The molecule has 1 aliphatic heterocycles. The van der Waals surface area contributed by atoms with Crippen molar-refractivity contribution < 1.29 is 38.1 Å². The van der Waals surface area contributed by atoms with Crippen molar-refractivity contribution in [3.63, 3.8) is 0 Å². The zero-order valence-electron chi connectivity index (χ0n) is 58.4. The summed E-state index contributed by atoms with van der Waals surface area (Å²) in [5.74, 6) is 11.5. The third-order valence-corrected chi connectivity index (χ3v) is 30.5. The molecule has 0 radical (unpaired) electrons. The fourth-order valence-corrected chi connectivity index (χ4v) is 24.1. The Balaban J connectivity index is 0.574. The zero-order valence-corrected chi connectivity index (χ0v) is 61.7. The van der Waals surface area contributed by atoms with Crippen molar-refractivity contribution in [3.8, 4) is 0 Å². The Bertz CT molecular complexity index is 2390. The average Bonchev–Trinajstić information content (AvgIpc) is 1.72. The lowest BCUT2D eigenvalue weighted by molar-refractivity contribution is -0.143. The monoisotopic (exact) mass is 1340 g/mol. The Labute approximate surface area is 568 Å². The van der Waals surface area contributed by atoms with Crippen LogP contribution >= 0.6 is 43.2 Å². The Hall–Kier alpha value is -1.72. The van der Waals surface area contributed by atoms with Crippen molar-refractivity contribution in [1.82, 2.24) is 20.4 Å². The van der Waals surface area contributed by atoms with Crippen LogP contribution in [-0.4, -0.2) is 135 Å². The first-order valence-corrected chi connectivity index (χ1v) is 42.3. The minimum Gasteiger partial charge on any atom is -0.465 e. The summed E-state index contributed by atoms with van der Waals surface area (Å²) in [6.45, 7) is 29.2. The number of carbonyl (C=O) groups excluding carboxylic acids is 4. The average molecular weight is 1340 g/mol. The van der Waals surface area contributed by atoms with Crippen LogP contribution in [0.2, 0.25) is 0 Å². The topological polar surface area (TPSA) is 136 Å². The lowest BCUT2D eigenvalue weighted by Gasteiger charge is -2.58. The van der Waals surface area contributed by atoms with E-state index < -0.39 is 0 Å². The van der Waals surface area contributed by atoms with Crippen molar-refractivity contribution in [2.75, 3.05) is 88.6 Å². The number of alkyl carbamates (subject to hydrolysis) is 2. The predicted octanol–water partition coefficient (Wildman–Crippen LogP) is 18.0. The van der Waals surface area contributed by atoms with Crippen LogP contribution in [0.25, 0.3) is 0 Å². The Morgan fingerprint density at radius 2 is 1.08 bits per heavy atom. The number of nitrogens with one attached hydrogen (secondary N) is 2. The number of fused-ring (bicyclic) bond motifs is 10. The van der Waals surface area contributed by atoms with Gasteiger partial charge in [-0.2, -0.15) is 0 Å². The molecule has 9 aliphatic rings. The van der Waals surface area contributed by atoms with E-state index in [1.807, 2.05) is 0 Å². The van der Waals surface area contributed by atoms with Crippen LogP contribution in [0.1, 0.15) is 236 Å². The first-order valence-electron chi connectivity index (χ1n) is 37.3. The highest BCUT2D eigenvalue weighted by Gasteiger charge is 2.61. The number of amides is 2. The summed E-state index contributed by atoms with van der Waals surface area (Å²) in [7, 11) is 6.63. The number of allylic oxidation sites excluding steroid dienone is 2. The van der Waals surface area contributed by atoms with E-state index in [0.717, 1.165) is 141 Å². The number of rotatable bonds is 35. The molecule has 2 amide bonds. The Kier molecular flexibility index (Phi) is 28.4. The van der Waals surface area contributed by atoms with Crippen molar-refractivity contribution >= 4 is 67.3 Å². The van der Waals surface area contributed by atoms with Gasteiger partial charge in [-0.3, -0.25) is 9.59 Å². The van der Waals surface area contributed by atoms with Crippen LogP contribution in [0.3, 0.4) is 0 Å². The first kappa shape index (κ1) is 73.5.